The number of rotatable bonds is 5. The monoisotopic (exact) mass is 311 g/mol. The van der Waals surface area contributed by atoms with Crippen molar-refractivity contribution in [3.63, 3.8) is 0 Å². The van der Waals surface area contributed by atoms with Crippen LogP contribution in [0.25, 0.3) is 0 Å². The number of nitrogens with zero attached hydrogens (tertiary/aromatic N) is 1. The van der Waals surface area contributed by atoms with Crippen molar-refractivity contribution in [3.8, 4) is 11.5 Å². The Morgan fingerprint density at radius 1 is 1.09 bits per heavy atom. The van der Waals surface area contributed by atoms with E-state index < -0.39 is 11.8 Å². The van der Waals surface area contributed by atoms with E-state index in [0.29, 0.717) is 23.0 Å². The zero-order valence-electron chi connectivity index (χ0n) is 12.4. The van der Waals surface area contributed by atoms with E-state index in [1.807, 2.05) is 30.3 Å². The van der Waals surface area contributed by atoms with Gasteiger partial charge in [-0.05, 0) is 17.7 Å². The molecule has 118 valence electrons. The van der Waals surface area contributed by atoms with Gasteiger partial charge in [0.2, 0.25) is 12.7 Å². The topological polar surface area (TPSA) is 99.9 Å². The minimum Gasteiger partial charge on any atom is -0.454 e. The van der Waals surface area contributed by atoms with Crippen molar-refractivity contribution in [1.29, 1.82) is 0 Å². The van der Waals surface area contributed by atoms with E-state index in [4.69, 9.17) is 20.9 Å². The van der Waals surface area contributed by atoms with Gasteiger partial charge in [0, 0.05) is 12.5 Å². The van der Waals surface area contributed by atoms with Gasteiger partial charge in [0.15, 0.2) is 11.5 Å². The Morgan fingerprint density at radius 2 is 1.83 bits per heavy atom. The van der Waals surface area contributed by atoms with E-state index in [1.54, 1.807) is 18.2 Å². The predicted octanol–water partition coefficient (Wildman–Crippen LogP) is 2.06. The number of amidine groups is 1. The van der Waals surface area contributed by atoms with Gasteiger partial charge in [-0.1, -0.05) is 30.3 Å². The van der Waals surface area contributed by atoms with Crippen LogP contribution in [0.3, 0.4) is 0 Å². The molecule has 1 amide bonds. The molecule has 23 heavy (non-hydrogen) atoms. The molecule has 0 fully saturated rings. The van der Waals surface area contributed by atoms with Crippen molar-refractivity contribution in [1.82, 2.24) is 0 Å². The Morgan fingerprint density at radius 3 is 2.57 bits per heavy atom. The molecule has 1 aliphatic rings. The molecule has 4 N–H and O–H groups in total. The minimum atomic E-state index is -0.506. The first-order valence-corrected chi connectivity index (χ1v) is 7.20. The van der Waals surface area contributed by atoms with Crippen molar-refractivity contribution >= 4 is 17.4 Å². The molecule has 0 saturated heterocycles. The summed E-state index contributed by atoms with van der Waals surface area (Å²) in [6.07, 6.45) is 0.258. The van der Waals surface area contributed by atoms with Crippen LogP contribution in [0.5, 0.6) is 11.5 Å². The smallest absolute Gasteiger partial charge is 0.231 e. The number of nitrogens with two attached hydrogens (primary N) is 2. The van der Waals surface area contributed by atoms with Crippen molar-refractivity contribution in [2.45, 2.75) is 12.3 Å². The highest BCUT2D eigenvalue weighted by molar-refractivity contribution is 5.91. The third-order valence-corrected chi connectivity index (χ3v) is 3.59. The Balaban J connectivity index is 1.79. The summed E-state index contributed by atoms with van der Waals surface area (Å²) in [5, 5.41) is 0. The fourth-order valence-electron chi connectivity index (χ4n) is 2.44. The molecule has 0 saturated carbocycles. The van der Waals surface area contributed by atoms with Crippen LogP contribution in [0.1, 0.15) is 17.9 Å². The normalized spacial score (nSPS) is 14.5. The Kier molecular flexibility index (Phi) is 4.14. The first-order valence-electron chi connectivity index (χ1n) is 7.20. The van der Waals surface area contributed by atoms with E-state index in [2.05, 4.69) is 4.99 Å². The SMILES string of the molecule is NC(=O)C(CC(N)=Nc1ccc2c(c1)OCO2)c1ccccc1. The van der Waals surface area contributed by atoms with Crippen LogP contribution in [0.2, 0.25) is 0 Å². The molecule has 1 unspecified atom stereocenters. The van der Waals surface area contributed by atoms with Gasteiger partial charge in [-0.2, -0.15) is 0 Å². The first kappa shape index (κ1) is 14.9. The highest BCUT2D eigenvalue weighted by Crippen LogP contribution is 2.35. The van der Waals surface area contributed by atoms with Crippen molar-refractivity contribution in [2.75, 3.05) is 6.79 Å². The molecule has 6 heteroatoms. The molecule has 0 radical (unpaired) electrons. The number of carbonyl (C=O) groups is 1. The number of ether oxygens (including phenoxy) is 2. The van der Waals surface area contributed by atoms with Crippen molar-refractivity contribution in [2.24, 2.45) is 16.5 Å². The molecule has 0 aliphatic carbocycles. The first-order chi connectivity index (χ1) is 11.1. The predicted molar refractivity (Wildman–Crippen MR) is 86.8 cm³/mol. The van der Waals surface area contributed by atoms with E-state index in [9.17, 15) is 4.79 Å². The van der Waals surface area contributed by atoms with Gasteiger partial charge < -0.3 is 20.9 Å². The highest BCUT2D eigenvalue weighted by Gasteiger charge is 2.19. The average Bonchev–Trinajstić information content (AvgIpc) is 3.01. The third kappa shape index (κ3) is 3.42. The van der Waals surface area contributed by atoms with E-state index in [1.165, 1.54) is 0 Å². The zero-order chi connectivity index (χ0) is 16.2. The molecular formula is C17H17N3O3. The van der Waals surface area contributed by atoms with Gasteiger partial charge in [-0.25, -0.2) is 4.99 Å². The summed E-state index contributed by atoms with van der Waals surface area (Å²) in [6.45, 7) is 0.204. The zero-order valence-corrected chi connectivity index (χ0v) is 12.4. The average molecular weight is 311 g/mol. The summed E-state index contributed by atoms with van der Waals surface area (Å²) < 4.78 is 10.6. The van der Waals surface area contributed by atoms with Crippen molar-refractivity contribution < 1.29 is 14.3 Å². The quantitative estimate of drug-likeness (QED) is 0.652. The number of hydrogen-bond acceptors (Lipinski definition) is 4. The lowest BCUT2D eigenvalue weighted by molar-refractivity contribution is -0.119. The largest absolute Gasteiger partial charge is 0.454 e. The van der Waals surface area contributed by atoms with Gasteiger partial charge in [0.25, 0.3) is 0 Å². The fourth-order valence-corrected chi connectivity index (χ4v) is 2.44. The number of hydrogen-bond donors (Lipinski definition) is 2. The van der Waals surface area contributed by atoms with Gasteiger partial charge in [-0.3, -0.25) is 4.79 Å². The number of carbonyl (C=O) groups excluding carboxylic acids is 1. The number of benzene rings is 2. The van der Waals surface area contributed by atoms with Gasteiger partial charge in [0.05, 0.1) is 11.6 Å². The van der Waals surface area contributed by atoms with Crippen LogP contribution in [-0.4, -0.2) is 18.5 Å². The van der Waals surface area contributed by atoms with Crippen molar-refractivity contribution in [3.05, 3.63) is 54.1 Å². The van der Waals surface area contributed by atoms with E-state index in [0.717, 1.165) is 5.56 Å². The van der Waals surface area contributed by atoms with E-state index >= 15 is 0 Å². The molecule has 6 nitrogen and oxygen atoms in total. The molecule has 1 aliphatic heterocycles. The molecule has 3 rings (SSSR count). The maximum absolute atomic E-state index is 11.7. The standard InChI is InChI=1S/C17H17N3O3/c18-16(9-13(17(19)21)11-4-2-1-3-5-11)20-12-6-7-14-15(8-12)23-10-22-14/h1-8,13H,9-10H2,(H2,18,20)(H2,19,21). The van der Waals surface area contributed by atoms with Gasteiger partial charge in [0.1, 0.15) is 5.84 Å². The third-order valence-electron chi connectivity index (χ3n) is 3.59. The van der Waals surface area contributed by atoms with Gasteiger partial charge >= 0.3 is 0 Å². The Labute approximate surface area is 133 Å². The maximum atomic E-state index is 11.7. The second-order valence-electron chi connectivity index (χ2n) is 5.21. The summed E-state index contributed by atoms with van der Waals surface area (Å²) in [5.41, 5.74) is 13.0. The summed E-state index contributed by atoms with van der Waals surface area (Å²) in [5.74, 6) is 0.709. The lowest BCUT2D eigenvalue weighted by Gasteiger charge is -2.13. The molecule has 1 heterocycles. The molecule has 0 bridgehead atoms. The molecule has 1 atom stereocenters. The van der Waals surface area contributed by atoms with Crippen LogP contribution < -0.4 is 20.9 Å². The molecule has 2 aromatic rings. The molecular weight excluding hydrogens is 294 g/mol. The van der Waals surface area contributed by atoms with Gasteiger partial charge in [-0.15, -0.1) is 0 Å². The second-order valence-corrected chi connectivity index (χ2v) is 5.21. The summed E-state index contributed by atoms with van der Waals surface area (Å²) in [7, 11) is 0. The maximum Gasteiger partial charge on any atom is 0.231 e. The summed E-state index contributed by atoms with van der Waals surface area (Å²) >= 11 is 0. The van der Waals surface area contributed by atoms with E-state index in [-0.39, 0.29) is 13.2 Å². The van der Waals surface area contributed by atoms with Crippen LogP contribution in [0.4, 0.5) is 5.69 Å². The lowest BCUT2D eigenvalue weighted by Crippen LogP contribution is -2.26. The Bertz CT molecular complexity index is 744. The lowest BCUT2D eigenvalue weighted by atomic mass is 9.94. The summed E-state index contributed by atoms with van der Waals surface area (Å²) in [4.78, 5) is 16.1. The number of fused-ring (bicyclic) bond motifs is 1. The molecule has 2 aromatic carbocycles. The fraction of sp³-hybridized carbons (Fsp3) is 0.176. The second kappa shape index (κ2) is 6.39. The van der Waals surface area contributed by atoms with Crippen LogP contribution >= 0.6 is 0 Å². The number of aliphatic imine (C=N–C) groups is 1. The minimum absolute atomic E-state index is 0.204. The van der Waals surface area contributed by atoms with Crippen LogP contribution in [-0.2, 0) is 4.79 Å². The number of amides is 1. The molecule has 0 aromatic heterocycles. The van der Waals surface area contributed by atoms with Crippen LogP contribution in [0, 0.1) is 0 Å². The molecule has 0 spiro atoms. The number of primary amides is 1. The van der Waals surface area contributed by atoms with Crippen LogP contribution in [0.15, 0.2) is 53.5 Å². The summed E-state index contributed by atoms with van der Waals surface area (Å²) in [6, 6.07) is 14.6. The Hall–Kier alpha value is -3.02. The highest BCUT2D eigenvalue weighted by atomic mass is 16.7.